The van der Waals surface area contributed by atoms with Gasteiger partial charge in [0.1, 0.15) is 18.1 Å². The molecule has 22 heavy (non-hydrogen) atoms. The Labute approximate surface area is 133 Å². The lowest BCUT2D eigenvalue weighted by Gasteiger charge is -2.08. The number of benzene rings is 1. The van der Waals surface area contributed by atoms with E-state index in [2.05, 4.69) is 16.2 Å². The van der Waals surface area contributed by atoms with Crippen LogP contribution in [0.3, 0.4) is 0 Å². The van der Waals surface area contributed by atoms with Crippen LogP contribution in [0.5, 0.6) is 5.75 Å². The molecule has 0 aliphatic rings. The lowest BCUT2D eigenvalue weighted by Crippen LogP contribution is -2.46. The summed E-state index contributed by atoms with van der Waals surface area (Å²) in [5.41, 5.74) is 5.02. The van der Waals surface area contributed by atoms with Crippen molar-refractivity contribution in [3.8, 4) is 5.75 Å². The summed E-state index contributed by atoms with van der Waals surface area (Å²) in [6, 6.07) is 12.7. The summed E-state index contributed by atoms with van der Waals surface area (Å²) in [6.45, 7) is 2.82. The van der Waals surface area contributed by atoms with Gasteiger partial charge in [-0.05, 0) is 43.4 Å². The number of carbonyl (C=O) groups excluding carboxylic acids is 1. The van der Waals surface area contributed by atoms with Gasteiger partial charge in [-0.3, -0.25) is 15.6 Å². The standard InChI is InChI=1S/C15H17N3O3S/c1-2-16-15(22)18-17-14(19)13-9-8-12(21-13)10-20-11-6-4-3-5-7-11/h3-9H,2,10H2,1H3,(H,17,19)(H2,16,18,22). The molecule has 1 aromatic carbocycles. The maximum Gasteiger partial charge on any atom is 0.305 e. The van der Waals surface area contributed by atoms with Crippen LogP contribution in [0.4, 0.5) is 0 Å². The number of hydrazine groups is 1. The summed E-state index contributed by atoms with van der Waals surface area (Å²) >= 11 is 4.93. The summed E-state index contributed by atoms with van der Waals surface area (Å²) in [5.74, 6) is 1.07. The third kappa shape index (κ3) is 4.78. The maximum absolute atomic E-state index is 11.8. The molecule has 6 nitrogen and oxygen atoms in total. The Morgan fingerprint density at radius 2 is 1.95 bits per heavy atom. The largest absolute Gasteiger partial charge is 0.486 e. The van der Waals surface area contributed by atoms with Gasteiger partial charge in [-0.2, -0.15) is 0 Å². The summed E-state index contributed by atoms with van der Waals surface area (Å²) in [6.07, 6.45) is 0. The molecular formula is C15H17N3O3S. The van der Waals surface area contributed by atoms with Gasteiger partial charge in [0, 0.05) is 6.54 Å². The van der Waals surface area contributed by atoms with E-state index in [9.17, 15) is 4.79 Å². The zero-order valence-electron chi connectivity index (χ0n) is 12.1. The Kier molecular flexibility index (Phi) is 5.79. The second-order valence-corrected chi connectivity index (χ2v) is 4.71. The molecule has 0 saturated carbocycles. The van der Waals surface area contributed by atoms with E-state index >= 15 is 0 Å². The fraction of sp³-hybridized carbons (Fsp3) is 0.200. The van der Waals surface area contributed by atoms with E-state index < -0.39 is 5.91 Å². The average molecular weight is 319 g/mol. The number of para-hydroxylation sites is 1. The number of carbonyl (C=O) groups is 1. The van der Waals surface area contributed by atoms with E-state index in [1.54, 1.807) is 12.1 Å². The van der Waals surface area contributed by atoms with Crippen LogP contribution >= 0.6 is 12.2 Å². The van der Waals surface area contributed by atoms with E-state index in [0.717, 1.165) is 5.75 Å². The molecule has 1 heterocycles. The van der Waals surface area contributed by atoms with Crippen LogP contribution in [0.25, 0.3) is 0 Å². The van der Waals surface area contributed by atoms with Crippen LogP contribution in [0, 0.1) is 0 Å². The van der Waals surface area contributed by atoms with Gasteiger partial charge < -0.3 is 14.5 Å². The van der Waals surface area contributed by atoms with Crippen molar-refractivity contribution in [3.63, 3.8) is 0 Å². The second kappa shape index (κ2) is 8.04. The number of thiocarbonyl (C=S) groups is 1. The van der Waals surface area contributed by atoms with Gasteiger partial charge in [0.05, 0.1) is 0 Å². The van der Waals surface area contributed by atoms with Crippen molar-refractivity contribution in [2.24, 2.45) is 0 Å². The Morgan fingerprint density at radius 3 is 2.68 bits per heavy atom. The maximum atomic E-state index is 11.8. The number of furan rings is 1. The minimum atomic E-state index is -0.411. The van der Waals surface area contributed by atoms with Crippen molar-refractivity contribution in [1.29, 1.82) is 0 Å². The van der Waals surface area contributed by atoms with Crippen LogP contribution in [0.1, 0.15) is 23.2 Å². The normalized spacial score (nSPS) is 9.86. The molecule has 1 amide bonds. The van der Waals surface area contributed by atoms with Crippen LogP contribution in [0.15, 0.2) is 46.9 Å². The van der Waals surface area contributed by atoms with Crippen LogP contribution in [0.2, 0.25) is 0 Å². The monoisotopic (exact) mass is 319 g/mol. The van der Waals surface area contributed by atoms with Crippen molar-refractivity contribution < 1.29 is 13.9 Å². The van der Waals surface area contributed by atoms with Crippen molar-refractivity contribution in [1.82, 2.24) is 16.2 Å². The van der Waals surface area contributed by atoms with Gasteiger partial charge in [-0.25, -0.2) is 0 Å². The fourth-order valence-electron chi connectivity index (χ4n) is 1.63. The van der Waals surface area contributed by atoms with Crippen LogP contribution in [-0.2, 0) is 6.61 Å². The highest BCUT2D eigenvalue weighted by Crippen LogP contribution is 2.13. The van der Waals surface area contributed by atoms with Gasteiger partial charge in [0.25, 0.3) is 0 Å². The minimum absolute atomic E-state index is 0.179. The Balaban J connectivity index is 1.83. The minimum Gasteiger partial charge on any atom is -0.486 e. The molecule has 0 bridgehead atoms. The summed E-state index contributed by atoms with van der Waals surface area (Å²) in [5, 5.41) is 3.19. The number of rotatable bonds is 5. The molecule has 0 radical (unpaired) electrons. The second-order valence-electron chi connectivity index (χ2n) is 4.31. The smallest absolute Gasteiger partial charge is 0.305 e. The number of ether oxygens (including phenoxy) is 1. The van der Waals surface area contributed by atoms with E-state index in [0.29, 0.717) is 17.4 Å². The molecule has 3 N–H and O–H groups in total. The number of nitrogens with one attached hydrogen (secondary N) is 3. The summed E-state index contributed by atoms with van der Waals surface area (Å²) in [4.78, 5) is 11.8. The van der Waals surface area contributed by atoms with E-state index in [1.165, 1.54) is 0 Å². The molecule has 2 rings (SSSR count). The third-order valence-electron chi connectivity index (χ3n) is 2.64. The topological polar surface area (TPSA) is 75.5 Å². The molecule has 0 aliphatic carbocycles. The predicted molar refractivity (Wildman–Crippen MR) is 86.4 cm³/mol. The summed E-state index contributed by atoms with van der Waals surface area (Å²) in [7, 11) is 0. The predicted octanol–water partition coefficient (Wildman–Crippen LogP) is 1.99. The molecular weight excluding hydrogens is 302 g/mol. The van der Waals surface area contributed by atoms with E-state index in [4.69, 9.17) is 21.4 Å². The van der Waals surface area contributed by atoms with Gasteiger partial charge in [-0.15, -0.1) is 0 Å². The highest BCUT2D eigenvalue weighted by molar-refractivity contribution is 7.80. The molecule has 0 saturated heterocycles. The molecule has 1 aromatic heterocycles. The molecule has 0 fully saturated rings. The molecule has 0 unspecified atom stereocenters. The van der Waals surface area contributed by atoms with Gasteiger partial charge in [0.2, 0.25) is 0 Å². The SMILES string of the molecule is CCNC(=S)NNC(=O)c1ccc(COc2ccccc2)o1. The highest BCUT2D eigenvalue weighted by Gasteiger charge is 2.11. The first-order valence-electron chi connectivity index (χ1n) is 6.79. The van der Waals surface area contributed by atoms with Crippen molar-refractivity contribution in [3.05, 3.63) is 54.0 Å². The number of hydrogen-bond acceptors (Lipinski definition) is 4. The van der Waals surface area contributed by atoms with Gasteiger partial charge in [0.15, 0.2) is 10.9 Å². The van der Waals surface area contributed by atoms with E-state index in [-0.39, 0.29) is 12.4 Å². The molecule has 0 spiro atoms. The third-order valence-corrected chi connectivity index (χ3v) is 2.88. The Bertz CT molecular complexity index is 628. The molecule has 7 heteroatoms. The summed E-state index contributed by atoms with van der Waals surface area (Å²) < 4.78 is 11.0. The van der Waals surface area contributed by atoms with Gasteiger partial charge in [-0.1, -0.05) is 18.2 Å². The zero-order valence-corrected chi connectivity index (χ0v) is 12.9. The number of amides is 1. The lowest BCUT2D eigenvalue weighted by molar-refractivity contribution is 0.0911. The first-order chi connectivity index (χ1) is 10.7. The molecule has 0 atom stereocenters. The van der Waals surface area contributed by atoms with Crippen LogP contribution in [-0.4, -0.2) is 17.6 Å². The van der Waals surface area contributed by atoms with Gasteiger partial charge >= 0.3 is 5.91 Å². The molecule has 116 valence electrons. The number of hydrogen-bond donors (Lipinski definition) is 3. The molecule has 2 aromatic rings. The quantitative estimate of drug-likeness (QED) is 0.578. The van der Waals surface area contributed by atoms with Crippen molar-refractivity contribution in [2.75, 3.05) is 6.54 Å². The first-order valence-corrected chi connectivity index (χ1v) is 7.20. The van der Waals surface area contributed by atoms with Crippen molar-refractivity contribution >= 4 is 23.2 Å². The Morgan fingerprint density at radius 1 is 1.18 bits per heavy atom. The van der Waals surface area contributed by atoms with Crippen LogP contribution < -0.4 is 20.9 Å². The first kappa shape index (κ1) is 15.8. The highest BCUT2D eigenvalue weighted by atomic mass is 32.1. The molecule has 0 aliphatic heterocycles. The fourth-order valence-corrected chi connectivity index (χ4v) is 1.82. The average Bonchev–Trinajstić information content (AvgIpc) is 3.01. The Hall–Kier alpha value is -2.54. The zero-order chi connectivity index (χ0) is 15.8. The lowest BCUT2D eigenvalue weighted by atomic mass is 10.3. The van der Waals surface area contributed by atoms with E-state index in [1.807, 2.05) is 37.3 Å². The van der Waals surface area contributed by atoms with Crippen molar-refractivity contribution in [2.45, 2.75) is 13.5 Å².